The summed E-state index contributed by atoms with van der Waals surface area (Å²) in [5, 5.41) is 10.5. The van der Waals surface area contributed by atoms with Crippen molar-refractivity contribution in [3.05, 3.63) is 64.7 Å². The first-order chi connectivity index (χ1) is 9.75. The van der Waals surface area contributed by atoms with E-state index in [1.165, 1.54) is 0 Å². The molecule has 1 unspecified atom stereocenters. The monoisotopic (exact) mass is 283 g/mol. The van der Waals surface area contributed by atoms with E-state index in [0.29, 0.717) is 24.5 Å². The highest BCUT2D eigenvalue weighted by Crippen LogP contribution is 2.41. The van der Waals surface area contributed by atoms with Gasteiger partial charge in [-0.15, -0.1) is 0 Å². The van der Waals surface area contributed by atoms with Crippen LogP contribution in [-0.2, 0) is 11.8 Å². The van der Waals surface area contributed by atoms with Crippen molar-refractivity contribution in [3.63, 3.8) is 0 Å². The Labute approximate surface area is 123 Å². The summed E-state index contributed by atoms with van der Waals surface area (Å²) in [6.45, 7) is 0.565. The summed E-state index contributed by atoms with van der Waals surface area (Å²) in [7, 11) is 0. The van der Waals surface area contributed by atoms with Gasteiger partial charge in [-0.1, -0.05) is 48.0 Å². The third kappa shape index (κ3) is 2.15. The molecule has 1 atom stereocenters. The van der Waals surface area contributed by atoms with Crippen molar-refractivity contribution in [2.75, 3.05) is 6.61 Å². The molecule has 0 amide bonds. The number of hydrogen-bond acceptors (Lipinski definition) is 2. The lowest BCUT2D eigenvalue weighted by molar-refractivity contribution is 0.241. The fourth-order valence-electron chi connectivity index (χ4n) is 2.76. The van der Waals surface area contributed by atoms with Crippen LogP contribution in [-0.4, -0.2) is 6.61 Å². The second kappa shape index (κ2) is 5.19. The molecule has 2 aromatic carbocycles. The van der Waals surface area contributed by atoms with E-state index in [-0.39, 0.29) is 0 Å². The quantitative estimate of drug-likeness (QED) is 0.830. The minimum atomic E-state index is -0.556. The fourth-order valence-corrected chi connectivity index (χ4v) is 2.97. The Balaban J connectivity index is 2.06. The van der Waals surface area contributed by atoms with Gasteiger partial charge in [0.05, 0.1) is 18.1 Å². The smallest absolute Gasteiger partial charge is 0.124 e. The number of nitrogens with zero attached hydrogens (tertiary/aromatic N) is 1. The number of fused-ring (bicyclic) bond motifs is 1. The van der Waals surface area contributed by atoms with Gasteiger partial charge >= 0.3 is 0 Å². The third-order valence-electron chi connectivity index (χ3n) is 3.85. The molecule has 1 aliphatic heterocycles. The fraction of sp³-hybridized carbons (Fsp3) is 0.235. The number of para-hydroxylation sites is 1. The van der Waals surface area contributed by atoms with E-state index >= 15 is 0 Å². The molecule has 0 spiro atoms. The third-order valence-corrected chi connectivity index (χ3v) is 4.22. The highest BCUT2D eigenvalue weighted by molar-refractivity contribution is 6.31. The summed E-state index contributed by atoms with van der Waals surface area (Å²) >= 11 is 6.25. The van der Waals surface area contributed by atoms with Gasteiger partial charge < -0.3 is 4.74 Å². The highest BCUT2D eigenvalue weighted by atomic mass is 35.5. The number of halogens is 1. The molecule has 100 valence electrons. The minimum absolute atomic E-state index is 0.556. The van der Waals surface area contributed by atoms with Gasteiger partial charge in [0.25, 0.3) is 0 Å². The molecule has 3 heteroatoms. The average molecular weight is 284 g/mol. The molecule has 20 heavy (non-hydrogen) atoms. The SMILES string of the molecule is N#CC1(Cc2ccccc2Cl)CCOc2ccccc21. The normalized spacial score (nSPS) is 20.6. The van der Waals surface area contributed by atoms with Crippen molar-refractivity contribution in [1.82, 2.24) is 0 Å². The maximum atomic E-state index is 9.79. The largest absolute Gasteiger partial charge is 0.493 e. The Morgan fingerprint density at radius 3 is 2.70 bits per heavy atom. The molecule has 0 radical (unpaired) electrons. The van der Waals surface area contributed by atoms with E-state index in [1.54, 1.807) is 0 Å². The zero-order valence-corrected chi connectivity index (χ0v) is 11.7. The molecule has 0 saturated heterocycles. The van der Waals surface area contributed by atoms with Crippen molar-refractivity contribution in [3.8, 4) is 11.8 Å². The van der Waals surface area contributed by atoms with Crippen molar-refractivity contribution in [2.45, 2.75) is 18.3 Å². The number of benzene rings is 2. The van der Waals surface area contributed by atoms with Crippen LogP contribution in [0, 0.1) is 11.3 Å². The summed E-state index contributed by atoms with van der Waals surface area (Å²) in [6, 6.07) is 18.0. The number of nitriles is 1. The Hall–Kier alpha value is -1.98. The zero-order valence-electron chi connectivity index (χ0n) is 11.0. The zero-order chi connectivity index (χ0) is 14.0. The summed E-state index contributed by atoms with van der Waals surface area (Å²) in [6.07, 6.45) is 1.30. The van der Waals surface area contributed by atoms with E-state index in [9.17, 15) is 5.26 Å². The number of hydrogen-bond donors (Lipinski definition) is 0. The highest BCUT2D eigenvalue weighted by Gasteiger charge is 2.38. The Morgan fingerprint density at radius 1 is 1.15 bits per heavy atom. The van der Waals surface area contributed by atoms with Crippen LogP contribution in [0.3, 0.4) is 0 Å². The molecule has 0 bridgehead atoms. The first-order valence-electron chi connectivity index (χ1n) is 6.62. The Bertz CT molecular complexity index is 677. The maximum Gasteiger partial charge on any atom is 0.124 e. The van der Waals surface area contributed by atoms with Crippen molar-refractivity contribution in [1.29, 1.82) is 5.26 Å². The van der Waals surface area contributed by atoms with Crippen LogP contribution < -0.4 is 4.74 Å². The van der Waals surface area contributed by atoms with E-state index < -0.39 is 5.41 Å². The summed E-state index contributed by atoms with van der Waals surface area (Å²) in [5.74, 6) is 0.812. The second-order valence-electron chi connectivity index (χ2n) is 5.06. The lowest BCUT2D eigenvalue weighted by Gasteiger charge is -2.33. The van der Waals surface area contributed by atoms with E-state index in [2.05, 4.69) is 6.07 Å². The topological polar surface area (TPSA) is 33.0 Å². The Morgan fingerprint density at radius 2 is 1.90 bits per heavy atom. The molecule has 0 fully saturated rings. The Kier molecular flexibility index (Phi) is 3.38. The molecular formula is C17H14ClNO. The van der Waals surface area contributed by atoms with E-state index in [4.69, 9.17) is 16.3 Å². The van der Waals surface area contributed by atoms with E-state index in [1.807, 2.05) is 48.5 Å². The van der Waals surface area contributed by atoms with Crippen LogP contribution in [0.15, 0.2) is 48.5 Å². The van der Waals surface area contributed by atoms with Crippen LogP contribution in [0.2, 0.25) is 5.02 Å². The molecule has 0 saturated carbocycles. The molecule has 2 nitrogen and oxygen atoms in total. The number of ether oxygens (including phenoxy) is 1. The number of rotatable bonds is 2. The van der Waals surface area contributed by atoms with E-state index in [0.717, 1.165) is 16.9 Å². The first-order valence-corrected chi connectivity index (χ1v) is 7.00. The van der Waals surface area contributed by atoms with Crippen LogP contribution >= 0.6 is 11.6 Å². The minimum Gasteiger partial charge on any atom is -0.493 e. The van der Waals surface area contributed by atoms with Crippen LogP contribution in [0.1, 0.15) is 17.5 Å². The van der Waals surface area contributed by atoms with Gasteiger partial charge in [-0.3, -0.25) is 0 Å². The summed E-state index contributed by atoms with van der Waals surface area (Å²) in [4.78, 5) is 0. The molecule has 1 heterocycles. The molecule has 0 N–H and O–H groups in total. The molecular weight excluding hydrogens is 270 g/mol. The van der Waals surface area contributed by atoms with Crippen LogP contribution in [0.4, 0.5) is 0 Å². The predicted molar refractivity (Wildman–Crippen MR) is 79.0 cm³/mol. The molecule has 0 aromatic heterocycles. The first kappa shape index (κ1) is 13.0. The van der Waals surface area contributed by atoms with Gasteiger partial charge in [-0.25, -0.2) is 0 Å². The molecule has 1 aliphatic rings. The molecule has 0 aliphatic carbocycles. The maximum absolute atomic E-state index is 9.79. The van der Waals surface area contributed by atoms with Gasteiger partial charge in [0, 0.05) is 17.0 Å². The standard InChI is InChI=1S/C17H14ClNO/c18-15-7-3-1-5-13(15)11-17(12-19)9-10-20-16-8-4-2-6-14(16)17/h1-8H,9-11H2. The lowest BCUT2D eigenvalue weighted by Crippen LogP contribution is -2.33. The molecule has 2 aromatic rings. The van der Waals surface area contributed by atoms with Crippen molar-refractivity contribution >= 4 is 11.6 Å². The predicted octanol–water partition coefficient (Wildman–Crippen LogP) is 4.13. The van der Waals surface area contributed by atoms with Gasteiger partial charge in [-0.2, -0.15) is 5.26 Å². The van der Waals surface area contributed by atoms with Gasteiger partial charge in [-0.05, 0) is 24.1 Å². The second-order valence-corrected chi connectivity index (χ2v) is 5.46. The lowest BCUT2D eigenvalue weighted by atomic mass is 9.73. The van der Waals surface area contributed by atoms with Crippen molar-refractivity contribution in [2.24, 2.45) is 0 Å². The molecule has 3 rings (SSSR count). The summed E-state index contributed by atoms with van der Waals surface area (Å²) < 4.78 is 5.66. The summed E-state index contributed by atoms with van der Waals surface area (Å²) in [5.41, 5.74) is 1.42. The van der Waals surface area contributed by atoms with Crippen LogP contribution in [0.25, 0.3) is 0 Å². The average Bonchev–Trinajstić information content (AvgIpc) is 2.50. The van der Waals surface area contributed by atoms with Gasteiger partial charge in [0.1, 0.15) is 5.75 Å². The van der Waals surface area contributed by atoms with Crippen molar-refractivity contribution < 1.29 is 4.74 Å². The van der Waals surface area contributed by atoms with Crippen LogP contribution in [0.5, 0.6) is 5.75 Å². The van der Waals surface area contributed by atoms with Gasteiger partial charge in [0.15, 0.2) is 0 Å². The van der Waals surface area contributed by atoms with Gasteiger partial charge in [0.2, 0.25) is 0 Å².